The normalized spacial score (nSPS) is 26.9. The summed E-state index contributed by atoms with van der Waals surface area (Å²) in [5, 5.41) is 20.4. The predicted molar refractivity (Wildman–Crippen MR) is 116 cm³/mol. The molecule has 2 rings (SSSR count). The van der Waals surface area contributed by atoms with Gasteiger partial charge in [0.25, 0.3) is 0 Å². The van der Waals surface area contributed by atoms with Crippen molar-refractivity contribution >= 4 is 23.8 Å². The van der Waals surface area contributed by atoms with Crippen LogP contribution in [-0.2, 0) is 14.4 Å². The first-order chi connectivity index (χ1) is 14.7. The van der Waals surface area contributed by atoms with E-state index >= 15 is 0 Å². The molecule has 31 heavy (non-hydrogen) atoms. The zero-order chi connectivity index (χ0) is 22.8. The predicted octanol–water partition coefficient (Wildman–Crippen LogP) is 2.05. The van der Waals surface area contributed by atoms with Crippen LogP contribution in [0.2, 0.25) is 0 Å². The van der Waals surface area contributed by atoms with E-state index in [4.69, 9.17) is 5.11 Å². The summed E-state index contributed by atoms with van der Waals surface area (Å²) in [6, 6.07) is -0.119. The van der Waals surface area contributed by atoms with E-state index in [9.17, 15) is 19.2 Å². The number of carboxylic acids is 1. The standard InChI is InChI=1S/C22H38N4O5/c1-14-5-3-4-6-18(14)26-22(31)25-17-9-7-16(8-10-17)24-20(28)12-11-19(27)23-15(2)13-21(29)30/h14-18H,3-13H2,1-2H3,(H,23,27)(H,24,28)(H,29,30)(H2,25,26,31)/t14?,15-,16?,17?,18?/m1/s1. The molecule has 0 heterocycles. The lowest BCUT2D eigenvalue weighted by atomic mass is 9.86. The Hall–Kier alpha value is -2.32. The van der Waals surface area contributed by atoms with Crippen molar-refractivity contribution in [2.75, 3.05) is 0 Å². The molecule has 2 fully saturated rings. The minimum absolute atomic E-state index is 0.0342. The number of nitrogens with one attached hydrogen (secondary N) is 4. The number of carbonyl (C=O) groups is 4. The van der Waals surface area contributed by atoms with Crippen molar-refractivity contribution in [3.63, 3.8) is 0 Å². The first-order valence-electron chi connectivity index (χ1n) is 11.6. The molecular weight excluding hydrogens is 400 g/mol. The smallest absolute Gasteiger partial charge is 0.315 e. The highest BCUT2D eigenvalue weighted by Crippen LogP contribution is 2.24. The molecule has 0 aliphatic heterocycles. The minimum Gasteiger partial charge on any atom is -0.481 e. The fourth-order valence-corrected chi connectivity index (χ4v) is 4.50. The third-order valence-corrected chi connectivity index (χ3v) is 6.32. The van der Waals surface area contributed by atoms with Gasteiger partial charge in [0, 0.05) is 37.0 Å². The second-order valence-electron chi connectivity index (χ2n) is 9.17. The van der Waals surface area contributed by atoms with E-state index in [1.807, 2.05) is 0 Å². The first-order valence-corrected chi connectivity index (χ1v) is 11.6. The van der Waals surface area contributed by atoms with Crippen LogP contribution >= 0.6 is 0 Å². The van der Waals surface area contributed by atoms with Gasteiger partial charge >= 0.3 is 12.0 Å². The lowest BCUT2D eigenvalue weighted by Gasteiger charge is -2.32. The first kappa shape index (κ1) is 24.9. The van der Waals surface area contributed by atoms with E-state index in [1.165, 1.54) is 19.3 Å². The average molecular weight is 439 g/mol. The van der Waals surface area contributed by atoms with Gasteiger partial charge in [0.1, 0.15) is 0 Å². The van der Waals surface area contributed by atoms with Gasteiger partial charge in [-0.15, -0.1) is 0 Å². The van der Waals surface area contributed by atoms with Crippen LogP contribution in [0.15, 0.2) is 0 Å². The highest BCUT2D eigenvalue weighted by Gasteiger charge is 2.26. The molecule has 2 saturated carbocycles. The minimum atomic E-state index is -0.975. The Morgan fingerprint density at radius 1 is 0.839 bits per heavy atom. The summed E-state index contributed by atoms with van der Waals surface area (Å²) in [6.45, 7) is 3.81. The van der Waals surface area contributed by atoms with Gasteiger partial charge in [-0.1, -0.05) is 19.8 Å². The third kappa shape index (κ3) is 9.57. The van der Waals surface area contributed by atoms with Crippen molar-refractivity contribution in [3.05, 3.63) is 0 Å². The van der Waals surface area contributed by atoms with Gasteiger partial charge in [0.15, 0.2) is 0 Å². The molecule has 0 aromatic carbocycles. The number of rotatable bonds is 9. The molecule has 0 saturated heterocycles. The molecule has 2 aliphatic rings. The number of aliphatic carboxylic acids is 1. The Bertz CT molecular complexity index is 633. The van der Waals surface area contributed by atoms with Gasteiger partial charge in [0.05, 0.1) is 6.42 Å². The monoisotopic (exact) mass is 438 g/mol. The van der Waals surface area contributed by atoms with Crippen LogP contribution in [0.25, 0.3) is 0 Å². The van der Waals surface area contributed by atoms with Crippen molar-refractivity contribution in [2.24, 2.45) is 5.92 Å². The lowest BCUT2D eigenvalue weighted by molar-refractivity contribution is -0.137. The number of hydrogen-bond donors (Lipinski definition) is 5. The quantitative estimate of drug-likeness (QED) is 0.375. The van der Waals surface area contributed by atoms with Crippen LogP contribution in [0.3, 0.4) is 0 Å². The Morgan fingerprint density at radius 3 is 2.03 bits per heavy atom. The van der Waals surface area contributed by atoms with Gasteiger partial charge in [0.2, 0.25) is 11.8 Å². The van der Waals surface area contributed by atoms with Crippen molar-refractivity contribution < 1.29 is 24.3 Å². The Labute approximate surface area is 184 Å². The molecule has 0 bridgehead atoms. The summed E-state index contributed by atoms with van der Waals surface area (Å²) in [7, 11) is 0. The van der Waals surface area contributed by atoms with Crippen molar-refractivity contribution in [1.29, 1.82) is 0 Å². The van der Waals surface area contributed by atoms with Gasteiger partial charge in [-0.3, -0.25) is 14.4 Å². The summed E-state index contributed by atoms with van der Waals surface area (Å²) >= 11 is 0. The maximum absolute atomic E-state index is 12.3. The number of carboxylic acid groups (broad SMARTS) is 1. The van der Waals surface area contributed by atoms with E-state index in [-0.39, 0.29) is 55.2 Å². The second kappa shape index (κ2) is 12.5. The maximum Gasteiger partial charge on any atom is 0.315 e. The topological polar surface area (TPSA) is 137 Å². The van der Waals surface area contributed by atoms with Gasteiger partial charge in [-0.05, 0) is 51.4 Å². The molecular formula is C22H38N4O5. The third-order valence-electron chi connectivity index (χ3n) is 6.32. The molecule has 2 unspecified atom stereocenters. The van der Waals surface area contributed by atoms with E-state index < -0.39 is 12.0 Å². The lowest BCUT2D eigenvalue weighted by Crippen LogP contribution is -2.50. The zero-order valence-electron chi connectivity index (χ0n) is 18.7. The summed E-state index contributed by atoms with van der Waals surface area (Å²) in [5.74, 6) is -0.957. The zero-order valence-corrected chi connectivity index (χ0v) is 18.7. The van der Waals surface area contributed by atoms with Crippen LogP contribution < -0.4 is 21.3 Å². The molecule has 0 radical (unpaired) electrons. The van der Waals surface area contributed by atoms with Crippen LogP contribution in [0, 0.1) is 5.92 Å². The molecule has 9 nitrogen and oxygen atoms in total. The molecule has 2 aliphatic carbocycles. The number of urea groups is 1. The largest absolute Gasteiger partial charge is 0.481 e. The van der Waals surface area contributed by atoms with Crippen LogP contribution in [0.5, 0.6) is 0 Å². The molecule has 5 N–H and O–H groups in total. The second-order valence-corrected chi connectivity index (χ2v) is 9.17. The fourth-order valence-electron chi connectivity index (χ4n) is 4.50. The van der Waals surface area contributed by atoms with Crippen LogP contribution in [0.4, 0.5) is 4.79 Å². The highest BCUT2D eigenvalue weighted by molar-refractivity contribution is 5.84. The summed E-state index contributed by atoms with van der Waals surface area (Å²) in [5.41, 5.74) is 0. The number of amides is 4. The Balaban J connectivity index is 1.59. The van der Waals surface area contributed by atoms with Crippen molar-refractivity contribution in [1.82, 2.24) is 21.3 Å². The van der Waals surface area contributed by atoms with E-state index in [2.05, 4.69) is 28.2 Å². The molecule has 0 spiro atoms. The number of hydrogen-bond acceptors (Lipinski definition) is 4. The number of carbonyl (C=O) groups excluding carboxylic acids is 3. The molecule has 0 aromatic rings. The van der Waals surface area contributed by atoms with Gasteiger partial charge in [-0.2, -0.15) is 0 Å². The van der Waals surface area contributed by atoms with E-state index in [0.29, 0.717) is 5.92 Å². The summed E-state index contributed by atoms with van der Waals surface area (Å²) in [4.78, 5) is 46.9. The van der Waals surface area contributed by atoms with Crippen molar-refractivity contribution in [3.8, 4) is 0 Å². The summed E-state index contributed by atoms with van der Waals surface area (Å²) in [6.07, 6.45) is 7.79. The SMILES string of the molecule is CC1CCCCC1NC(=O)NC1CCC(NC(=O)CCC(=O)N[C@H](C)CC(=O)O)CC1. The molecule has 3 atom stereocenters. The van der Waals surface area contributed by atoms with Crippen LogP contribution in [0.1, 0.15) is 84.5 Å². The van der Waals surface area contributed by atoms with E-state index in [1.54, 1.807) is 6.92 Å². The van der Waals surface area contributed by atoms with E-state index in [0.717, 1.165) is 32.1 Å². The Morgan fingerprint density at radius 2 is 1.42 bits per heavy atom. The maximum atomic E-state index is 12.3. The van der Waals surface area contributed by atoms with Crippen LogP contribution in [-0.4, -0.2) is 53.1 Å². The van der Waals surface area contributed by atoms with Gasteiger partial charge in [-0.25, -0.2) is 4.79 Å². The molecule has 9 heteroatoms. The average Bonchev–Trinajstić information content (AvgIpc) is 2.69. The molecule has 4 amide bonds. The highest BCUT2D eigenvalue weighted by atomic mass is 16.4. The fraction of sp³-hybridized carbons (Fsp3) is 0.818. The molecule has 176 valence electrons. The molecule has 0 aromatic heterocycles. The summed E-state index contributed by atoms with van der Waals surface area (Å²) < 4.78 is 0. The van der Waals surface area contributed by atoms with Crippen molar-refractivity contribution in [2.45, 2.75) is 109 Å². The van der Waals surface area contributed by atoms with Gasteiger partial charge < -0.3 is 26.4 Å². The Kier molecular flexibility index (Phi) is 10.1.